The van der Waals surface area contributed by atoms with Gasteiger partial charge in [0, 0.05) is 12.1 Å². The molecule has 1 fully saturated rings. The van der Waals surface area contributed by atoms with Gasteiger partial charge in [0.2, 0.25) is 23.6 Å². The van der Waals surface area contributed by atoms with E-state index in [-0.39, 0.29) is 24.9 Å². The summed E-state index contributed by atoms with van der Waals surface area (Å²) < 4.78 is 5.70. The molecule has 1 aliphatic heterocycles. The zero-order chi connectivity index (χ0) is 20.2. The molecule has 7 nitrogen and oxygen atoms in total. The number of hydrogen-bond acceptors (Lipinski definition) is 5. The van der Waals surface area contributed by atoms with Gasteiger partial charge in [-0.15, -0.1) is 10.2 Å². The smallest absolute Gasteiger partial charge is 0.247 e. The maximum atomic E-state index is 12.8. The van der Waals surface area contributed by atoms with E-state index < -0.39 is 6.04 Å². The summed E-state index contributed by atoms with van der Waals surface area (Å²) in [6.45, 7) is 2.45. The lowest BCUT2D eigenvalue weighted by molar-refractivity contribution is -0.156. The van der Waals surface area contributed by atoms with Gasteiger partial charge in [-0.05, 0) is 31.0 Å². The highest BCUT2D eigenvalue weighted by atomic mass is 16.4. The van der Waals surface area contributed by atoms with Gasteiger partial charge in [0.05, 0.1) is 13.1 Å². The molecule has 2 aromatic carbocycles. The lowest BCUT2D eigenvalue weighted by atomic mass is 10.1. The number of carbonyl (C=O) groups excluding carboxylic acids is 2. The zero-order valence-electron chi connectivity index (χ0n) is 16.2. The van der Waals surface area contributed by atoms with Crippen molar-refractivity contribution in [1.82, 2.24) is 20.0 Å². The van der Waals surface area contributed by atoms with Crippen LogP contribution in [0.5, 0.6) is 0 Å². The molecule has 3 aromatic rings. The van der Waals surface area contributed by atoms with E-state index >= 15 is 0 Å². The van der Waals surface area contributed by atoms with E-state index in [0.29, 0.717) is 18.3 Å². The molecule has 0 radical (unpaired) electrons. The SMILES string of the molecule is C[C@H]1C(=O)N(CCc2ccccc2)CC(=O)N1Cc1nnc(-c2ccccc2)o1. The molecule has 0 saturated carbocycles. The van der Waals surface area contributed by atoms with Gasteiger partial charge in [0.25, 0.3) is 0 Å². The van der Waals surface area contributed by atoms with Crippen LogP contribution in [-0.4, -0.2) is 50.9 Å². The Balaban J connectivity index is 1.40. The van der Waals surface area contributed by atoms with Crippen molar-refractivity contribution in [2.75, 3.05) is 13.1 Å². The lowest BCUT2D eigenvalue weighted by Gasteiger charge is -2.38. The van der Waals surface area contributed by atoms with Crippen molar-refractivity contribution in [3.05, 3.63) is 72.1 Å². The van der Waals surface area contributed by atoms with Gasteiger partial charge in [0.1, 0.15) is 6.04 Å². The van der Waals surface area contributed by atoms with Gasteiger partial charge in [-0.3, -0.25) is 9.59 Å². The third-order valence-corrected chi connectivity index (χ3v) is 5.09. The van der Waals surface area contributed by atoms with Crippen molar-refractivity contribution in [1.29, 1.82) is 0 Å². The molecule has 148 valence electrons. The maximum absolute atomic E-state index is 12.8. The molecule has 0 bridgehead atoms. The van der Waals surface area contributed by atoms with Crippen LogP contribution in [0, 0.1) is 0 Å². The van der Waals surface area contributed by atoms with Crippen LogP contribution in [-0.2, 0) is 22.6 Å². The van der Waals surface area contributed by atoms with Crippen molar-refractivity contribution in [3.63, 3.8) is 0 Å². The van der Waals surface area contributed by atoms with Crippen molar-refractivity contribution in [2.24, 2.45) is 0 Å². The van der Waals surface area contributed by atoms with Crippen molar-refractivity contribution < 1.29 is 14.0 Å². The normalized spacial score (nSPS) is 17.1. The van der Waals surface area contributed by atoms with Gasteiger partial charge in [-0.25, -0.2) is 0 Å². The van der Waals surface area contributed by atoms with Crippen LogP contribution in [0.15, 0.2) is 65.1 Å². The van der Waals surface area contributed by atoms with Crippen LogP contribution < -0.4 is 0 Å². The molecule has 1 aromatic heterocycles. The van der Waals surface area contributed by atoms with E-state index in [1.54, 1.807) is 11.8 Å². The molecule has 0 aliphatic carbocycles. The summed E-state index contributed by atoms with van der Waals surface area (Å²) in [5.74, 6) is 0.524. The Morgan fingerprint density at radius 1 is 1.00 bits per heavy atom. The number of carbonyl (C=O) groups is 2. The Morgan fingerprint density at radius 2 is 1.69 bits per heavy atom. The minimum atomic E-state index is -0.570. The molecule has 4 rings (SSSR count). The second-order valence-corrected chi connectivity index (χ2v) is 7.06. The number of amides is 2. The number of piperazine rings is 1. The average molecular weight is 390 g/mol. The molecule has 1 aliphatic rings. The largest absolute Gasteiger partial charge is 0.419 e. The first-order valence-corrected chi connectivity index (χ1v) is 9.62. The highest BCUT2D eigenvalue weighted by molar-refractivity contribution is 5.94. The van der Waals surface area contributed by atoms with Gasteiger partial charge in [0.15, 0.2) is 0 Å². The van der Waals surface area contributed by atoms with E-state index in [9.17, 15) is 9.59 Å². The third kappa shape index (κ3) is 4.18. The summed E-state index contributed by atoms with van der Waals surface area (Å²) in [5.41, 5.74) is 1.95. The fraction of sp³-hybridized carbons (Fsp3) is 0.273. The van der Waals surface area contributed by atoms with Crippen molar-refractivity contribution in [2.45, 2.75) is 25.9 Å². The quantitative estimate of drug-likeness (QED) is 0.646. The van der Waals surface area contributed by atoms with Crippen LogP contribution in [0.2, 0.25) is 0 Å². The Labute approximate surface area is 169 Å². The maximum Gasteiger partial charge on any atom is 0.247 e. The van der Waals surface area contributed by atoms with Crippen LogP contribution in [0.3, 0.4) is 0 Å². The summed E-state index contributed by atoms with van der Waals surface area (Å²) in [4.78, 5) is 28.6. The fourth-order valence-electron chi connectivity index (χ4n) is 3.43. The molecule has 0 unspecified atom stereocenters. The second-order valence-electron chi connectivity index (χ2n) is 7.06. The zero-order valence-corrected chi connectivity index (χ0v) is 16.2. The minimum Gasteiger partial charge on any atom is -0.419 e. The highest BCUT2D eigenvalue weighted by Gasteiger charge is 2.37. The third-order valence-electron chi connectivity index (χ3n) is 5.09. The number of aromatic nitrogens is 2. The van der Waals surface area contributed by atoms with E-state index in [0.717, 1.165) is 17.5 Å². The van der Waals surface area contributed by atoms with Crippen LogP contribution in [0.1, 0.15) is 18.4 Å². The molecule has 2 heterocycles. The summed E-state index contributed by atoms with van der Waals surface area (Å²) in [6.07, 6.45) is 0.719. The molecule has 7 heteroatoms. The fourth-order valence-corrected chi connectivity index (χ4v) is 3.43. The summed E-state index contributed by atoms with van der Waals surface area (Å²) in [6, 6.07) is 18.8. The van der Waals surface area contributed by atoms with E-state index in [1.807, 2.05) is 60.7 Å². The molecule has 1 saturated heterocycles. The minimum absolute atomic E-state index is 0.0652. The molecule has 29 heavy (non-hydrogen) atoms. The Bertz CT molecular complexity index is 988. The number of nitrogens with zero attached hydrogens (tertiary/aromatic N) is 4. The Hall–Kier alpha value is -3.48. The molecule has 2 amide bonds. The summed E-state index contributed by atoms with van der Waals surface area (Å²) in [5, 5.41) is 8.09. The van der Waals surface area contributed by atoms with E-state index in [2.05, 4.69) is 10.2 Å². The number of hydrogen-bond donors (Lipinski definition) is 0. The van der Waals surface area contributed by atoms with Gasteiger partial charge < -0.3 is 14.2 Å². The van der Waals surface area contributed by atoms with Crippen molar-refractivity contribution >= 4 is 11.8 Å². The number of benzene rings is 2. The van der Waals surface area contributed by atoms with Gasteiger partial charge in [-0.1, -0.05) is 48.5 Å². The number of rotatable bonds is 6. The van der Waals surface area contributed by atoms with Gasteiger partial charge in [-0.2, -0.15) is 0 Å². The van der Waals surface area contributed by atoms with E-state index in [4.69, 9.17) is 4.42 Å². The molecular formula is C22H22N4O3. The predicted octanol–water partition coefficient (Wildman–Crippen LogP) is 2.54. The first-order valence-electron chi connectivity index (χ1n) is 9.62. The standard InChI is InChI=1S/C22H22N4O3/c1-16-22(28)25(13-12-17-8-4-2-5-9-17)15-20(27)26(16)14-19-23-24-21(29-19)18-10-6-3-7-11-18/h2-11,16H,12-15H2,1H3/t16-/m0/s1. The summed E-state index contributed by atoms with van der Waals surface area (Å²) >= 11 is 0. The first-order chi connectivity index (χ1) is 14.1. The highest BCUT2D eigenvalue weighted by Crippen LogP contribution is 2.20. The van der Waals surface area contributed by atoms with Crippen molar-refractivity contribution in [3.8, 4) is 11.5 Å². The molecule has 1 atom stereocenters. The molecular weight excluding hydrogens is 368 g/mol. The topological polar surface area (TPSA) is 79.5 Å². The van der Waals surface area contributed by atoms with Gasteiger partial charge >= 0.3 is 0 Å². The van der Waals surface area contributed by atoms with Crippen LogP contribution in [0.25, 0.3) is 11.5 Å². The Morgan fingerprint density at radius 3 is 2.41 bits per heavy atom. The van der Waals surface area contributed by atoms with Crippen LogP contribution in [0.4, 0.5) is 0 Å². The predicted molar refractivity (Wildman–Crippen MR) is 106 cm³/mol. The average Bonchev–Trinajstić information content (AvgIpc) is 3.23. The first kappa shape index (κ1) is 18.9. The monoisotopic (exact) mass is 390 g/mol. The van der Waals surface area contributed by atoms with E-state index in [1.165, 1.54) is 4.90 Å². The summed E-state index contributed by atoms with van der Waals surface area (Å²) in [7, 11) is 0. The second kappa shape index (κ2) is 8.26. The molecule has 0 N–H and O–H groups in total. The molecule has 0 spiro atoms. The lowest BCUT2D eigenvalue weighted by Crippen LogP contribution is -2.58. The van der Waals surface area contributed by atoms with Crippen LogP contribution >= 0.6 is 0 Å². The Kier molecular flexibility index (Phi) is 5.37.